The molecule has 0 rings (SSSR count). The second kappa shape index (κ2) is 14.1. The molecule has 5 heteroatoms. The minimum absolute atomic E-state index is 0.0449. The molecule has 0 spiro atoms. The van der Waals surface area contributed by atoms with E-state index in [1.165, 1.54) is 51.4 Å². The average Bonchev–Trinajstić information content (AvgIpc) is 2.38. The van der Waals surface area contributed by atoms with Crippen LogP contribution in [0.4, 0.5) is 0 Å². The molecular formula is C15H33O4P. The third-order valence-corrected chi connectivity index (χ3v) is 4.51. The first kappa shape index (κ1) is 20.1. The van der Waals surface area contributed by atoms with Gasteiger partial charge in [0.1, 0.15) is 0 Å². The largest absolute Gasteiger partial charge is 0.396 e. The van der Waals surface area contributed by atoms with Gasteiger partial charge in [0.15, 0.2) is 0 Å². The summed E-state index contributed by atoms with van der Waals surface area (Å²) in [4.78, 5) is 17.4. The third-order valence-electron chi connectivity index (χ3n) is 3.61. The molecule has 0 aromatic heterocycles. The predicted molar refractivity (Wildman–Crippen MR) is 84.0 cm³/mol. The van der Waals surface area contributed by atoms with E-state index in [9.17, 15) is 4.57 Å². The van der Waals surface area contributed by atoms with Crippen molar-refractivity contribution in [1.82, 2.24) is 0 Å². The van der Waals surface area contributed by atoms with Gasteiger partial charge in [-0.25, -0.2) is 0 Å². The van der Waals surface area contributed by atoms with Crippen LogP contribution in [0.1, 0.15) is 83.5 Å². The molecule has 3 N–H and O–H groups in total. The van der Waals surface area contributed by atoms with Crippen molar-refractivity contribution in [3.63, 3.8) is 0 Å². The van der Waals surface area contributed by atoms with Crippen LogP contribution < -0.4 is 0 Å². The van der Waals surface area contributed by atoms with Crippen LogP contribution in [0.25, 0.3) is 0 Å². The molecule has 0 fully saturated rings. The van der Waals surface area contributed by atoms with E-state index in [2.05, 4.69) is 0 Å². The highest BCUT2D eigenvalue weighted by Crippen LogP contribution is 2.35. The number of hydrogen-bond donors (Lipinski definition) is 3. The Morgan fingerprint density at radius 1 is 0.550 bits per heavy atom. The first-order chi connectivity index (χ1) is 9.56. The molecule has 0 unspecified atom stereocenters. The Hall–Kier alpha value is 0.110. The second-order valence-electron chi connectivity index (χ2n) is 5.71. The molecule has 0 radical (unpaired) electrons. The molecule has 0 aromatic carbocycles. The number of rotatable bonds is 15. The molecule has 20 heavy (non-hydrogen) atoms. The smallest absolute Gasteiger partial charge is 0.325 e. The highest BCUT2D eigenvalue weighted by atomic mass is 31.2. The quantitative estimate of drug-likeness (QED) is 0.312. The molecule has 0 saturated heterocycles. The van der Waals surface area contributed by atoms with E-state index < -0.39 is 7.60 Å². The van der Waals surface area contributed by atoms with E-state index in [0.717, 1.165) is 25.7 Å². The second-order valence-corrected chi connectivity index (χ2v) is 7.48. The SMILES string of the molecule is O=P(O)(O)CCCCCCCCCCCCCCCO. The van der Waals surface area contributed by atoms with Crippen LogP contribution in [0.2, 0.25) is 0 Å². The summed E-state index contributed by atoms with van der Waals surface area (Å²) in [6.45, 7) is 0.328. The van der Waals surface area contributed by atoms with E-state index in [1.54, 1.807) is 0 Å². The summed E-state index contributed by atoms with van der Waals surface area (Å²) in [6.07, 6.45) is 15.1. The molecule has 0 aliphatic heterocycles. The normalized spacial score (nSPS) is 11.9. The van der Waals surface area contributed by atoms with Crippen molar-refractivity contribution in [3.05, 3.63) is 0 Å². The molecule has 0 bridgehead atoms. The number of hydrogen-bond acceptors (Lipinski definition) is 2. The zero-order valence-corrected chi connectivity index (χ0v) is 13.7. The summed E-state index contributed by atoms with van der Waals surface area (Å²) in [7, 11) is -3.76. The van der Waals surface area contributed by atoms with E-state index in [1.807, 2.05) is 0 Å². The minimum Gasteiger partial charge on any atom is -0.396 e. The summed E-state index contributed by atoms with van der Waals surface area (Å²) in [5, 5.41) is 8.64. The first-order valence-corrected chi connectivity index (χ1v) is 10.0. The lowest BCUT2D eigenvalue weighted by atomic mass is 10.0. The lowest BCUT2D eigenvalue weighted by Gasteiger charge is -2.04. The van der Waals surface area contributed by atoms with Crippen LogP contribution in [0.5, 0.6) is 0 Å². The monoisotopic (exact) mass is 308 g/mol. The molecule has 0 aromatic rings. The molecule has 0 aliphatic rings. The molecular weight excluding hydrogens is 275 g/mol. The standard InChI is InChI=1S/C15H33O4P/c16-14-12-10-8-6-4-2-1-3-5-7-9-11-13-15-20(17,18)19/h16H,1-15H2,(H2,17,18,19). The van der Waals surface area contributed by atoms with Crippen molar-refractivity contribution in [2.24, 2.45) is 0 Å². The summed E-state index contributed by atoms with van der Waals surface area (Å²) < 4.78 is 10.6. The van der Waals surface area contributed by atoms with Crippen molar-refractivity contribution in [2.75, 3.05) is 12.8 Å². The third kappa shape index (κ3) is 18.1. The minimum atomic E-state index is -3.76. The van der Waals surface area contributed by atoms with E-state index in [-0.39, 0.29) is 6.16 Å². The predicted octanol–water partition coefficient (Wildman–Crippen LogP) is 4.23. The van der Waals surface area contributed by atoms with Crippen LogP contribution >= 0.6 is 7.60 Å². The first-order valence-electron chi connectivity index (χ1n) is 8.22. The maximum absolute atomic E-state index is 10.6. The van der Waals surface area contributed by atoms with Crippen molar-refractivity contribution in [3.8, 4) is 0 Å². The van der Waals surface area contributed by atoms with Gasteiger partial charge in [0.05, 0.1) is 0 Å². The van der Waals surface area contributed by atoms with Gasteiger partial charge in [0.2, 0.25) is 0 Å². The maximum atomic E-state index is 10.6. The summed E-state index contributed by atoms with van der Waals surface area (Å²) in [6, 6.07) is 0. The van der Waals surface area contributed by atoms with Gasteiger partial charge in [-0.15, -0.1) is 0 Å². The van der Waals surface area contributed by atoms with Gasteiger partial charge in [-0.1, -0.05) is 70.6 Å². The van der Waals surface area contributed by atoms with Crippen LogP contribution in [-0.4, -0.2) is 27.7 Å². The van der Waals surface area contributed by atoms with Gasteiger partial charge in [0, 0.05) is 12.8 Å². The Morgan fingerprint density at radius 3 is 1.15 bits per heavy atom. The van der Waals surface area contributed by atoms with Crippen LogP contribution in [0.15, 0.2) is 0 Å². The molecule has 0 atom stereocenters. The van der Waals surface area contributed by atoms with Gasteiger partial charge in [-0.05, 0) is 12.8 Å². The van der Waals surface area contributed by atoms with Crippen molar-refractivity contribution < 1.29 is 19.5 Å². The van der Waals surface area contributed by atoms with Crippen LogP contribution in [0, 0.1) is 0 Å². The fraction of sp³-hybridized carbons (Fsp3) is 1.00. The summed E-state index contributed by atoms with van der Waals surface area (Å²) in [5.74, 6) is 0. The highest BCUT2D eigenvalue weighted by molar-refractivity contribution is 7.51. The lowest BCUT2D eigenvalue weighted by molar-refractivity contribution is 0.282. The van der Waals surface area contributed by atoms with Crippen molar-refractivity contribution >= 4 is 7.60 Å². The molecule has 4 nitrogen and oxygen atoms in total. The summed E-state index contributed by atoms with van der Waals surface area (Å²) in [5.41, 5.74) is 0. The molecule has 0 saturated carbocycles. The number of aliphatic hydroxyl groups is 1. The zero-order valence-electron chi connectivity index (χ0n) is 12.8. The summed E-state index contributed by atoms with van der Waals surface area (Å²) >= 11 is 0. The van der Waals surface area contributed by atoms with Crippen LogP contribution in [0.3, 0.4) is 0 Å². The van der Waals surface area contributed by atoms with Gasteiger partial charge < -0.3 is 14.9 Å². The highest BCUT2D eigenvalue weighted by Gasteiger charge is 2.10. The van der Waals surface area contributed by atoms with Gasteiger partial charge in [-0.3, -0.25) is 4.57 Å². The number of aliphatic hydroxyl groups excluding tert-OH is 1. The maximum Gasteiger partial charge on any atom is 0.325 e. The zero-order chi connectivity index (χ0) is 15.1. The fourth-order valence-electron chi connectivity index (χ4n) is 2.37. The Labute approximate surface area is 124 Å². The fourth-order valence-corrected chi connectivity index (χ4v) is 3.01. The van der Waals surface area contributed by atoms with E-state index in [4.69, 9.17) is 14.9 Å². The Kier molecular flexibility index (Phi) is 14.1. The molecule has 0 heterocycles. The number of unbranched alkanes of at least 4 members (excludes halogenated alkanes) is 12. The van der Waals surface area contributed by atoms with E-state index >= 15 is 0 Å². The Bertz CT molecular complexity index is 240. The lowest BCUT2D eigenvalue weighted by Crippen LogP contribution is -1.88. The molecule has 0 aliphatic carbocycles. The Morgan fingerprint density at radius 2 is 0.850 bits per heavy atom. The van der Waals surface area contributed by atoms with Crippen molar-refractivity contribution in [1.29, 1.82) is 0 Å². The van der Waals surface area contributed by atoms with Gasteiger partial charge >= 0.3 is 7.60 Å². The van der Waals surface area contributed by atoms with Gasteiger partial charge in [0.25, 0.3) is 0 Å². The topological polar surface area (TPSA) is 77.8 Å². The average molecular weight is 308 g/mol. The van der Waals surface area contributed by atoms with E-state index in [0.29, 0.717) is 13.0 Å². The Balaban J connectivity index is 3.01. The molecule has 0 amide bonds. The van der Waals surface area contributed by atoms with Crippen molar-refractivity contribution in [2.45, 2.75) is 83.5 Å². The molecule has 122 valence electrons. The van der Waals surface area contributed by atoms with Crippen LogP contribution in [-0.2, 0) is 4.57 Å². The van der Waals surface area contributed by atoms with Gasteiger partial charge in [-0.2, -0.15) is 0 Å².